The predicted octanol–water partition coefficient (Wildman–Crippen LogP) is 4.45. The second-order valence-corrected chi connectivity index (χ2v) is 6.08. The van der Waals surface area contributed by atoms with Crippen LogP contribution < -0.4 is 10.6 Å². The summed E-state index contributed by atoms with van der Waals surface area (Å²) in [6, 6.07) is 23.1. The first-order valence-corrected chi connectivity index (χ1v) is 8.61. The van der Waals surface area contributed by atoms with E-state index in [0.717, 1.165) is 0 Å². The van der Waals surface area contributed by atoms with Gasteiger partial charge in [0.1, 0.15) is 23.6 Å². The molecule has 0 aliphatic rings. The Morgan fingerprint density at radius 1 is 0.607 bits per heavy atom. The number of anilines is 2. The van der Waals surface area contributed by atoms with Crippen LogP contribution in [0.3, 0.4) is 0 Å². The summed E-state index contributed by atoms with van der Waals surface area (Å²) < 4.78 is 0. The van der Waals surface area contributed by atoms with Crippen molar-refractivity contribution in [1.82, 2.24) is 0 Å². The third kappa shape index (κ3) is 3.98. The average Bonchev–Trinajstić information content (AvgIpc) is 2.72. The van der Waals surface area contributed by atoms with Gasteiger partial charge in [0.25, 0.3) is 0 Å². The van der Waals surface area contributed by atoms with Gasteiger partial charge in [-0.3, -0.25) is 0 Å². The smallest absolute Gasteiger partial charge is 0.143 e. The van der Waals surface area contributed by atoms with E-state index in [2.05, 4.69) is 22.8 Å². The molecule has 138 valence electrons. The van der Waals surface area contributed by atoms with E-state index in [1.807, 2.05) is 0 Å². The highest BCUT2D eigenvalue weighted by molar-refractivity contribution is 5.71. The molecule has 0 spiro atoms. The number of phenolic OH excluding ortho intramolecular Hbond substituents is 2. The third-order valence-corrected chi connectivity index (χ3v) is 4.28. The maximum absolute atomic E-state index is 10.0. The van der Waals surface area contributed by atoms with E-state index in [1.165, 1.54) is 12.1 Å². The highest BCUT2D eigenvalue weighted by Crippen LogP contribution is 2.33. The Bertz CT molecular complexity index is 968. The quantitative estimate of drug-likeness (QED) is 0.510. The van der Waals surface area contributed by atoms with Gasteiger partial charge in [-0.15, -0.1) is 0 Å². The number of phenols is 2. The van der Waals surface area contributed by atoms with Crippen LogP contribution in [0.25, 0.3) is 0 Å². The van der Waals surface area contributed by atoms with Crippen molar-refractivity contribution in [3.63, 3.8) is 0 Å². The zero-order valence-electron chi connectivity index (χ0n) is 14.9. The number of benzene rings is 3. The summed E-state index contributed by atoms with van der Waals surface area (Å²) in [5.74, 6) is 0.0483. The normalized spacial score (nSPS) is 12.2. The van der Waals surface area contributed by atoms with Crippen molar-refractivity contribution in [2.24, 2.45) is 0 Å². The van der Waals surface area contributed by atoms with Crippen molar-refractivity contribution < 1.29 is 10.2 Å². The van der Waals surface area contributed by atoms with Gasteiger partial charge in [-0.25, -0.2) is 0 Å². The molecule has 0 saturated carbocycles. The maximum atomic E-state index is 10.0. The summed E-state index contributed by atoms with van der Waals surface area (Å²) in [6.07, 6.45) is 0. The molecule has 6 heteroatoms. The molecule has 3 aromatic rings. The lowest BCUT2D eigenvalue weighted by Crippen LogP contribution is -2.13. The lowest BCUT2D eigenvalue weighted by molar-refractivity contribution is 0.466. The Morgan fingerprint density at radius 3 is 1.32 bits per heavy atom. The fourth-order valence-electron chi connectivity index (χ4n) is 2.87. The minimum Gasteiger partial charge on any atom is -0.508 e. The van der Waals surface area contributed by atoms with Crippen molar-refractivity contribution >= 4 is 11.4 Å². The van der Waals surface area contributed by atoms with E-state index in [9.17, 15) is 20.7 Å². The van der Waals surface area contributed by atoms with Crippen LogP contribution >= 0.6 is 0 Å². The van der Waals surface area contributed by atoms with Crippen LogP contribution in [0.1, 0.15) is 23.2 Å². The minimum atomic E-state index is -0.783. The number of aromatic hydroxyl groups is 2. The Labute approximate surface area is 162 Å². The Morgan fingerprint density at radius 2 is 0.964 bits per heavy atom. The number of nitriles is 2. The van der Waals surface area contributed by atoms with Crippen molar-refractivity contribution in [3.05, 3.63) is 83.9 Å². The molecule has 0 radical (unpaired) electrons. The number of para-hydroxylation sites is 4. The first kappa shape index (κ1) is 18.6. The van der Waals surface area contributed by atoms with Gasteiger partial charge in [-0.2, -0.15) is 10.5 Å². The van der Waals surface area contributed by atoms with Gasteiger partial charge < -0.3 is 20.8 Å². The molecule has 0 aliphatic carbocycles. The van der Waals surface area contributed by atoms with Crippen LogP contribution in [0.2, 0.25) is 0 Å². The second kappa shape index (κ2) is 8.48. The molecule has 3 aromatic carbocycles. The molecule has 0 aliphatic heterocycles. The maximum Gasteiger partial charge on any atom is 0.143 e. The molecule has 0 saturated heterocycles. The highest BCUT2D eigenvalue weighted by Gasteiger charge is 2.18. The highest BCUT2D eigenvalue weighted by atomic mass is 16.3. The van der Waals surface area contributed by atoms with Crippen LogP contribution in [0.15, 0.2) is 72.8 Å². The Balaban J connectivity index is 1.89. The molecule has 6 nitrogen and oxygen atoms in total. The molecule has 0 aromatic heterocycles. The zero-order chi connectivity index (χ0) is 19.9. The molecule has 2 atom stereocenters. The second-order valence-electron chi connectivity index (χ2n) is 6.08. The largest absolute Gasteiger partial charge is 0.508 e. The SMILES string of the molecule is N#CC(Nc1ccccc1NC(C#N)c1ccccc1O)c1ccccc1O. The monoisotopic (exact) mass is 370 g/mol. The predicted molar refractivity (Wildman–Crippen MR) is 107 cm³/mol. The molecule has 28 heavy (non-hydrogen) atoms. The lowest BCUT2D eigenvalue weighted by atomic mass is 10.0. The molecular formula is C22H18N4O2. The third-order valence-electron chi connectivity index (χ3n) is 4.28. The van der Waals surface area contributed by atoms with Crippen molar-refractivity contribution in [2.75, 3.05) is 10.6 Å². The fourth-order valence-corrected chi connectivity index (χ4v) is 2.87. The van der Waals surface area contributed by atoms with E-state index < -0.39 is 12.1 Å². The average molecular weight is 370 g/mol. The standard InChI is InChI=1S/C22H18N4O2/c23-13-19(15-7-1-5-11-21(15)27)25-17-9-3-4-10-18(17)26-20(14-24)16-8-2-6-12-22(16)28/h1-12,19-20,25-28H. The van der Waals surface area contributed by atoms with Gasteiger partial charge in [0.15, 0.2) is 0 Å². The van der Waals surface area contributed by atoms with Gasteiger partial charge in [0.05, 0.1) is 23.5 Å². The van der Waals surface area contributed by atoms with Gasteiger partial charge in [-0.05, 0) is 24.3 Å². The fraction of sp³-hybridized carbons (Fsp3) is 0.0909. The number of hydrogen-bond acceptors (Lipinski definition) is 6. The zero-order valence-corrected chi connectivity index (χ0v) is 14.9. The van der Waals surface area contributed by atoms with E-state index in [0.29, 0.717) is 22.5 Å². The summed E-state index contributed by atoms with van der Waals surface area (Å²) in [7, 11) is 0. The lowest BCUT2D eigenvalue weighted by Gasteiger charge is -2.20. The van der Waals surface area contributed by atoms with E-state index >= 15 is 0 Å². The Kier molecular flexibility index (Phi) is 5.64. The van der Waals surface area contributed by atoms with E-state index in [1.54, 1.807) is 60.7 Å². The first-order chi connectivity index (χ1) is 13.6. The summed E-state index contributed by atoms with van der Waals surface area (Å²) in [5, 5.41) is 45.4. The van der Waals surface area contributed by atoms with Gasteiger partial charge >= 0.3 is 0 Å². The first-order valence-electron chi connectivity index (χ1n) is 8.61. The molecule has 0 heterocycles. The van der Waals surface area contributed by atoms with Crippen LogP contribution in [-0.4, -0.2) is 10.2 Å². The summed E-state index contributed by atoms with van der Waals surface area (Å²) in [4.78, 5) is 0. The number of hydrogen-bond donors (Lipinski definition) is 4. The summed E-state index contributed by atoms with van der Waals surface area (Å²) in [5.41, 5.74) is 2.09. The molecular weight excluding hydrogens is 352 g/mol. The number of nitrogens with one attached hydrogen (secondary N) is 2. The molecule has 0 fully saturated rings. The number of nitrogens with zero attached hydrogens (tertiary/aromatic N) is 2. The van der Waals surface area contributed by atoms with Crippen molar-refractivity contribution in [3.8, 4) is 23.6 Å². The van der Waals surface area contributed by atoms with E-state index in [4.69, 9.17) is 0 Å². The molecule has 4 N–H and O–H groups in total. The Hall–Kier alpha value is -4.16. The van der Waals surface area contributed by atoms with Crippen LogP contribution in [0, 0.1) is 22.7 Å². The number of rotatable bonds is 6. The van der Waals surface area contributed by atoms with Gasteiger partial charge in [0, 0.05) is 11.1 Å². The molecule has 0 bridgehead atoms. The van der Waals surface area contributed by atoms with Crippen molar-refractivity contribution in [2.45, 2.75) is 12.1 Å². The summed E-state index contributed by atoms with van der Waals surface area (Å²) >= 11 is 0. The molecule has 3 rings (SSSR count). The van der Waals surface area contributed by atoms with Gasteiger partial charge in [0.2, 0.25) is 0 Å². The minimum absolute atomic E-state index is 0.0242. The van der Waals surface area contributed by atoms with Crippen LogP contribution in [0.4, 0.5) is 11.4 Å². The molecule has 2 unspecified atom stereocenters. The van der Waals surface area contributed by atoms with E-state index in [-0.39, 0.29) is 11.5 Å². The summed E-state index contributed by atoms with van der Waals surface area (Å²) in [6.45, 7) is 0. The molecule has 0 amide bonds. The van der Waals surface area contributed by atoms with Crippen molar-refractivity contribution in [1.29, 1.82) is 10.5 Å². The van der Waals surface area contributed by atoms with Gasteiger partial charge in [-0.1, -0.05) is 48.5 Å². The van der Waals surface area contributed by atoms with Crippen LogP contribution in [-0.2, 0) is 0 Å². The topological polar surface area (TPSA) is 112 Å². The van der Waals surface area contributed by atoms with Crippen LogP contribution in [0.5, 0.6) is 11.5 Å².